The summed E-state index contributed by atoms with van der Waals surface area (Å²) in [5.41, 5.74) is 14.9. The number of phenolic OH excluding ortho intramolecular Hbond substituents is 3. The van der Waals surface area contributed by atoms with Gasteiger partial charge in [-0.3, -0.25) is 38.4 Å². The van der Waals surface area contributed by atoms with Gasteiger partial charge in [0.1, 0.15) is 108 Å². The Morgan fingerprint density at radius 1 is 0.651 bits per heavy atom. The Labute approximate surface area is 743 Å². The molecule has 7 aromatic rings. The molecule has 0 spiro atoms. The number of rotatable bonds is 22. The lowest BCUT2D eigenvalue weighted by Gasteiger charge is -2.48. The first-order valence-corrected chi connectivity index (χ1v) is 42.0. The zero-order valence-corrected chi connectivity index (χ0v) is 71.6. The topological polar surface area (TPSA) is 613 Å². The fourth-order valence-corrected chi connectivity index (χ4v) is 16.7. The van der Waals surface area contributed by atoms with Crippen molar-refractivity contribution in [2.75, 3.05) is 13.7 Å². The number of hydrogen-bond acceptors (Lipinski definition) is 30. The third-order valence-corrected chi connectivity index (χ3v) is 23.7. The molecule has 23 atom stereocenters. The average Bonchev–Trinajstić information content (AvgIpc) is 0.762. The molecule has 3 saturated heterocycles. The number of hydrogen-bond donors (Lipinski definition) is 21. The molecule has 7 aromatic carbocycles. The van der Waals surface area contributed by atoms with E-state index in [1.54, 1.807) is 24.3 Å². The lowest BCUT2D eigenvalue weighted by Crippen LogP contribution is -2.67. The minimum atomic E-state index is -2.39. The van der Waals surface area contributed by atoms with Gasteiger partial charge in [0.25, 0.3) is 0 Å². The summed E-state index contributed by atoms with van der Waals surface area (Å²) in [6.07, 6.45) is -24.0. The Hall–Kier alpha value is -11.9. The van der Waals surface area contributed by atoms with E-state index >= 15 is 24.0 Å². The molecule has 15 rings (SSSR count). The Bertz CT molecular complexity index is 5330. The SMILES string of the molecule is CN[C@H](CC(C)C)C(=O)N[C@H]1C(=O)N[C@@H](CC(N)=O)C(=O)N[C@H]2C(=O)N[C@H]3C(=O)N[C@H](C(=O)N[C@H](C(=O)O)c4cc(O)cc(O)c4-c4cc3ccc4O)[C@H](O[C@H]3C[C@](C)(N)[C@@H](O)[C@H](C)O3)c3ccc(cc3)Oc3cc2cc(c3O[C@@H]2O[C@H](CO)[C@@H](O)[C@H](O)[C@H]2O[C@H]2C[C@](C)(NC(=O)[C@@H](N)Cc3ccc(OCc4ccccc4)cc3)[C@@H](O)[C@H](C)O2)Oc2ccc(cc2Cl)[C@H]1O. The number of nitrogens with one attached hydrogen (secondary N) is 8. The molecule has 8 heterocycles. The van der Waals surface area contributed by atoms with Crippen molar-refractivity contribution in [3.8, 4) is 62.9 Å². The zero-order chi connectivity index (χ0) is 93.1. The van der Waals surface area contributed by atoms with Crippen molar-refractivity contribution in [3.05, 3.63) is 183 Å². The van der Waals surface area contributed by atoms with Gasteiger partial charge in [-0.05, 0) is 154 Å². The first-order chi connectivity index (χ1) is 61.2. The van der Waals surface area contributed by atoms with Gasteiger partial charge in [-0.15, -0.1) is 0 Å². The average molecular weight is 1810 g/mol. The number of fused-ring (bicyclic) bond motifs is 15. The van der Waals surface area contributed by atoms with Gasteiger partial charge in [-0.25, -0.2) is 4.79 Å². The third kappa shape index (κ3) is 21.3. The number of aliphatic hydroxyl groups is 6. The predicted molar refractivity (Wildman–Crippen MR) is 454 cm³/mol. The second-order valence-electron chi connectivity index (χ2n) is 33.8. The fraction of sp³-hybridized carbons (Fsp3) is 0.427. The number of aromatic hydroxyl groups is 3. The van der Waals surface area contributed by atoms with Crippen molar-refractivity contribution in [2.24, 2.45) is 23.1 Å². The maximum Gasteiger partial charge on any atom is 0.330 e. The van der Waals surface area contributed by atoms with Crippen LogP contribution < -0.4 is 78.7 Å². The molecule has 39 nitrogen and oxygen atoms in total. The van der Waals surface area contributed by atoms with Gasteiger partial charge in [0.05, 0.1) is 54.0 Å². The number of phenols is 3. The number of aliphatic hydroxyl groups excluding tert-OH is 6. The summed E-state index contributed by atoms with van der Waals surface area (Å²) in [5.74, 6) is -16.1. The Kier molecular flexibility index (Phi) is 29.1. The first-order valence-electron chi connectivity index (χ1n) is 41.6. The van der Waals surface area contributed by atoms with Crippen molar-refractivity contribution in [1.29, 1.82) is 0 Å². The van der Waals surface area contributed by atoms with E-state index in [0.717, 1.165) is 54.1 Å². The van der Waals surface area contributed by atoms with Crippen molar-refractivity contribution in [3.63, 3.8) is 0 Å². The van der Waals surface area contributed by atoms with E-state index in [0.29, 0.717) is 17.9 Å². The van der Waals surface area contributed by atoms with Crippen LogP contribution in [0.4, 0.5) is 0 Å². The maximum absolute atomic E-state index is 16.5. The number of carboxylic acid groups (broad SMARTS) is 1. The number of primary amides is 1. The van der Waals surface area contributed by atoms with Crippen molar-refractivity contribution >= 4 is 64.8 Å². The number of carbonyl (C=O) groups excluding carboxylic acids is 8. The minimum absolute atomic E-state index is 0.0175. The third-order valence-electron chi connectivity index (χ3n) is 23.4. The highest BCUT2D eigenvalue weighted by Crippen LogP contribution is 2.50. The number of amides is 8. The number of benzene rings is 7. The molecule has 0 aromatic heterocycles. The second-order valence-corrected chi connectivity index (χ2v) is 34.2. The van der Waals surface area contributed by atoms with Crippen LogP contribution in [0.5, 0.6) is 51.7 Å². The highest BCUT2D eigenvalue weighted by atomic mass is 35.5. The molecule has 3 fully saturated rings. The van der Waals surface area contributed by atoms with E-state index in [1.807, 2.05) is 44.2 Å². The Morgan fingerprint density at radius 3 is 1.95 bits per heavy atom. The summed E-state index contributed by atoms with van der Waals surface area (Å²) in [6, 6.07) is 16.3. The number of carboxylic acids is 1. The molecule has 24 N–H and O–H groups in total. The molecular weight excluding hydrogens is 1710 g/mol. The lowest BCUT2D eigenvalue weighted by atomic mass is 9.84. The predicted octanol–water partition coefficient (Wildman–Crippen LogP) is 2.00. The Balaban J connectivity index is 0.979. The van der Waals surface area contributed by atoms with Gasteiger partial charge in [0.2, 0.25) is 59.3 Å². The van der Waals surface area contributed by atoms with Crippen LogP contribution in [-0.4, -0.2) is 227 Å². The number of carbonyl (C=O) groups is 9. The smallest absolute Gasteiger partial charge is 0.330 e. The molecule has 0 aliphatic carbocycles. The number of halogens is 1. The fourth-order valence-electron chi connectivity index (χ4n) is 16.5. The quantitative estimate of drug-likeness (QED) is 0.0461. The molecule has 0 saturated carbocycles. The van der Waals surface area contributed by atoms with Gasteiger partial charge in [0.15, 0.2) is 36.2 Å². The van der Waals surface area contributed by atoms with Crippen LogP contribution in [0.25, 0.3) is 11.1 Å². The zero-order valence-electron chi connectivity index (χ0n) is 70.9. The van der Waals surface area contributed by atoms with Crippen LogP contribution in [0.3, 0.4) is 0 Å². The number of aliphatic carboxylic acids is 1. The number of likely N-dealkylation sites (N-methyl/N-ethyl adjacent to an activating group) is 1. The van der Waals surface area contributed by atoms with Crippen LogP contribution >= 0.6 is 11.6 Å². The highest BCUT2D eigenvalue weighted by Gasteiger charge is 2.54. The van der Waals surface area contributed by atoms with Crippen molar-refractivity contribution < 1.29 is 137 Å². The first kappa shape index (κ1) is 94.7. The molecule has 8 aliphatic heterocycles. The molecular formula is C89H104ClN11O28. The maximum atomic E-state index is 16.5. The molecule has 11 bridgehead atoms. The van der Waals surface area contributed by atoms with Crippen LogP contribution in [0.15, 0.2) is 140 Å². The van der Waals surface area contributed by atoms with Crippen LogP contribution in [0.2, 0.25) is 5.02 Å². The van der Waals surface area contributed by atoms with E-state index in [-0.39, 0.29) is 58.4 Å². The molecule has 40 heteroatoms. The molecule has 690 valence electrons. The van der Waals surface area contributed by atoms with Gasteiger partial charge < -0.3 is 153 Å². The summed E-state index contributed by atoms with van der Waals surface area (Å²) >= 11 is 7.22. The number of nitrogens with two attached hydrogens (primary N) is 3. The molecule has 129 heavy (non-hydrogen) atoms. The second kappa shape index (κ2) is 39.6. The van der Waals surface area contributed by atoms with Crippen LogP contribution in [0, 0.1) is 5.92 Å². The standard InChI is InChI=1S/C89H104ClN11O28/c1-38(2)25-54(94-7)80(113)99-69-71(107)45-18-24-58(52(90)28-45)125-60-30-46-29-59(75(60)129-87-76(73(109)72(108)61(36-102)126-87)128-64-35-89(6,78(111)40(4)123-64)101-79(112)53(91)26-41-13-19-48(20-14-41)121-37-42-11-9-8-10-12-42)124-49-21-15-43(16-22-49)74(127-63-34-88(5,93)77(110)39(3)122-63)70-85(118)98-68(86(119)120)51-31-47(103)32-57(105)65(51)50-27-44(17-23-56(50)104)66(82(115)100-70)97-83(116)67(46)96-81(114)55(33-62(92)106)95-84(69)117/h8-24,27-32,38-40,53-55,61,63-64,66-74,76-78,87,94,102-105,107-111H,25-26,33-37,91,93H2,1-7H3,(H2,92,106)(H,95,117)(H,96,114)(H,97,116)(H,98,118)(H,99,113)(H,100,115)(H,101,112)(H,119,120)/t39-,40-,53-,54+,55-,61+,63-,64-,66+,67+,68-,69+,70-,71+,72+,73-,74+,76+,77-,78-,87-,88-,89-/m0/s1. The minimum Gasteiger partial charge on any atom is -0.508 e. The van der Waals surface area contributed by atoms with Crippen molar-refractivity contribution in [2.45, 2.75) is 220 Å². The summed E-state index contributed by atoms with van der Waals surface area (Å²) in [7, 11) is 1.47. The van der Waals surface area contributed by atoms with E-state index < -0.39 is 269 Å². The van der Waals surface area contributed by atoms with Crippen LogP contribution in [-0.2, 0) is 79.9 Å². The van der Waals surface area contributed by atoms with E-state index in [1.165, 1.54) is 71.1 Å². The monoisotopic (exact) mass is 1810 g/mol. The molecule has 8 amide bonds. The van der Waals surface area contributed by atoms with Gasteiger partial charge in [0, 0.05) is 41.1 Å². The van der Waals surface area contributed by atoms with Gasteiger partial charge >= 0.3 is 5.97 Å². The highest BCUT2D eigenvalue weighted by molar-refractivity contribution is 6.32. The normalized spacial score (nSPS) is 29.3. The number of ether oxygens (including phenoxy) is 9. The van der Waals surface area contributed by atoms with Gasteiger partial charge in [-0.1, -0.05) is 92.2 Å². The summed E-state index contributed by atoms with van der Waals surface area (Å²) in [6.45, 7) is 8.81. The van der Waals surface area contributed by atoms with Crippen LogP contribution in [0.1, 0.15) is 137 Å². The van der Waals surface area contributed by atoms with Gasteiger partial charge in [-0.2, -0.15) is 0 Å². The largest absolute Gasteiger partial charge is 0.508 e. The summed E-state index contributed by atoms with van der Waals surface area (Å²) in [4.78, 5) is 135. The van der Waals surface area contributed by atoms with Crippen molar-refractivity contribution in [1.82, 2.24) is 42.5 Å². The lowest BCUT2D eigenvalue weighted by molar-refractivity contribution is -0.334. The summed E-state index contributed by atoms with van der Waals surface area (Å²) in [5, 5.41) is 137. The molecule has 8 aliphatic rings. The summed E-state index contributed by atoms with van der Waals surface area (Å²) < 4.78 is 58.6. The van der Waals surface area contributed by atoms with E-state index in [4.69, 9.17) is 71.4 Å². The molecule has 0 unspecified atom stereocenters. The Morgan fingerprint density at radius 2 is 1.29 bits per heavy atom. The van der Waals surface area contributed by atoms with E-state index in [2.05, 4.69) is 42.5 Å². The van der Waals surface area contributed by atoms with E-state index in [9.17, 15) is 70.2 Å². The molecule has 0 radical (unpaired) electrons.